The molecule has 0 bridgehead atoms. The van der Waals surface area contributed by atoms with Gasteiger partial charge in [0.05, 0.1) is 10.5 Å². The number of furan rings is 1. The summed E-state index contributed by atoms with van der Waals surface area (Å²) in [6.45, 7) is 0. The number of imide groups is 1. The number of carbonyl (C=O) groups is 2. The summed E-state index contributed by atoms with van der Waals surface area (Å²) in [5.41, 5.74) is 0.344. The lowest BCUT2D eigenvalue weighted by Crippen LogP contribution is -2.17. The van der Waals surface area contributed by atoms with Gasteiger partial charge in [-0.2, -0.15) is 0 Å². The predicted molar refractivity (Wildman–Crippen MR) is 73.2 cm³/mol. The first-order valence-corrected chi connectivity index (χ1v) is 6.55. The zero-order valence-electron chi connectivity index (χ0n) is 10.1. The van der Waals surface area contributed by atoms with Crippen molar-refractivity contribution in [1.29, 1.82) is 0 Å². The van der Waals surface area contributed by atoms with E-state index in [4.69, 9.17) is 4.42 Å². The summed E-state index contributed by atoms with van der Waals surface area (Å²) in [5, 5.41) is 1.74. The molecule has 1 N–H and O–H groups in total. The van der Waals surface area contributed by atoms with Crippen LogP contribution in [0.25, 0.3) is 17.4 Å². The molecule has 20 heavy (non-hydrogen) atoms. The molecule has 2 aromatic rings. The van der Waals surface area contributed by atoms with Crippen molar-refractivity contribution in [3.05, 3.63) is 52.9 Å². The second kappa shape index (κ2) is 4.97. The van der Waals surface area contributed by atoms with Crippen molar-refractivity contribution >= 4 is 29.0 Å². The van der Waals surface area contributed by atoms with Crippen LogP contribution in [0, 0.1) is 5.82 Å². The number of halogens is 1. The topological polar surface area (TPSA) is 59.3 Å². The van der Waals surface area contributed by atoms with Gasteiger partial charge in [-0.3, -0.25) is 14.9 Å². The van der Waals surface area contributed by atoms with Crippen molar-refractivity contribution in [3.8, 4) is 11.3 Å². The van der Waals surface area contributed by atoms with Crippen LogP contribution in [0.5, 0.6) is 0 Å². The van der Waals surface area contributed by atoms with Gasteiger partial charge in [0.2, 0.25) is 0 Å². The Morgan fingerprint density at radius 1 is 1.15 bits per heavy atom. The molecular formula is C14H8FNO3S. The Bertz CT molecular complexity index is 736. The molecule has 6 heteroatoms. The number of carbonyl (C=O) groups excluding carboxylic acids is 2. The highest BCUT2D eigenvalue weighted by atomic mass is 32.2. The highest BCUT2D eigenvalue weighted by Crippen LogP contribution is 2.29. The molecule has 0 aliphatic carbocycles. The van der Waals surface area contributed by atoms with Gasteiger partial charge in [-0.1, -0.05) is 12.1 Å². The summed E-state index contributed by atoms with van der Waals surface area (Å²) in [7, 11) is 0. The highest BCUT2D eigenvalue weighted by molar-refractivity contribution is 8.18. The van der Waals surface area contributed by atoms with Gasteiger partial charge in [0, 0.05) is 6.08 Å². The van der Waals surface area contributed by atoms with Crippen LogP contribution in [0.4, 0.5) is 9.18 Å². The lowest BCUT2D eigenvalue weighted by atomic mass is 10.1. The van der Waals surface area contributed by atoms with Crippen molar-refractivity contribution in [3.63, 3.8) is 0 Å². The van der Waals surface area contributed by atoms with Gasteiger partial charge < -0.3 is 4.42 Å². The molecule has 0 spiro atoms. The lowest BCUT2D eigenvalue weighted by molar-refractivity contribution is -0.115. The minimum Gasteiger partial charge on any atom is -0.457 e. The van der Waals surface area contributed by atoms with Crippen LogP contribution in [0.15, 0.2) is 45.7 Å². The number of hydrogen-bond acceptors (Lipinski definition) is 4. The van der Waals surface area contributed by atoms with E-state index in [1.54, 1.807) is 30.3 Å². The predicted octanol–water partition coefficient (Wildman–Crippen LogP) is 3.41. The summed E-state index contributed by atoms with van der Waals surface area (Å²) in [6, 6.07) is 9.48. The molecule has 1 aliphatic rings. The van der Waals surface area contributed by atoms with E-state index in [1.165, 1.54) is 12.1 Å². The SMILES string of the molecule is O=C1NC(=O)/C(=C/c2ccc(-c3ccccc3F)o2)S1. The molecule has 3 rings (SSSR count). The Morgan fingerprint density at radius 2 is 1.95 bits per heavy atom. The van der Waals surface area contributed by atoms with Crippen molar-refractivity contribution in [2.45, 2.75) is 0 Å². The van der Waals surface area contributed by atoms with Crippen LogP contribution in [0.3, 0.4) is 0 Å². The molecule has 2 amide bonds. The standard InChI is InChI=1S/C14H8FNO3S/c15-10-4-2-1-3-9(10)11-6-5-8(19-11)7-12-13(17)16-14(18)20-12/h1-7H,(H,16,17,18)/b12-7-. The van der Waals surface area contributed by atoms with Gasteiger partial charge in [0.15, 0.2) is 0 Å². The Kier molecular flexibility index (Phi) is 3.15. The summed E-state index contributed by atoms with van der Waals surface area (Å²) in [5.74, 6) is -0.0895. The maximum Gasteiger partial charge on any atom is 0.290 e. The Morgan fingerprint density at radius 3 is 2.65 bits per heavy atom. The summed E-state index contributed by atoms with van der Waals surface area (Å²) >= 11 is 0.804. The first kappa shape index (κ1) is 12.7. The first-order chi connectivity index (χ1) is 9.63. The van der Waals surface area contributed by atoms with Crippen LogP contribution in [-0.2, 0) is 4.79 Å². The quantitative estimate of drug-likeness (QED) is 0.861. The van der Waals surface area contributed by atoms with E-state index < -0.39 is 11.1 Å². The van der Waals surface area contributed by atoms with Gasteiger partial charge in [0.1, 0.15) is 17.3 Å². The number of thioether (sulfide) groups is 1. The summed E-state index contributed by atoms with van der Waals surface area (Å²) in [4.78, 5) is 22.7. The second-order valence-electron chi connectivity index (χ2n) is 4.03. The molecule has 0 saturated carbocycles. The van der Waals surface area contributed by atoms with Gasteiger partial charge in [0.25, 0.3) is 11.1 Å². The van der Waals surface area contributed by atoms with Crippen molar-refractivity contribution in [2.24, 2.45) is 0 Å². The van der Waals surface area contributed by atoms with Gasteiger partial charge in [-0.15, -0.1) is 0 Å². The molecule has 1 aromatic carbocycles. The number of nitrogens with one attached hydrogen (secondary N) is 1. The molecule has 2 heterocycles. The number of rotatable bonds is 2. The second-order valence-corrected chi connectivity index (χ2v) is 5.05. The van der Waals surface area contributed by atoms with Crippen LogP contribution in [0.1, 0.15) is 5.76 Å². The normalized spacial score (nSPS) is 16.8. The van der Waals surface area contributed by atoms with E-state index in [0.29, 0.717) is 17.1 Å². The number of benzene rings is 1. The van der Waals surface area contributed by atoms with E-state index in [0.717, 1.165) is 11.8 Å². The maximum atomic E-state index is 13.6. The summed E-state index contributed by atoms with van der Waals surface area (Å²) < 4.78 is 19.1. The van der Waals surface area contributed by atoms with E-state index >= 15 is 0 Å². The highest BCUT2D eigenvalue weighted by Gasteiger charge is 2.25. The molecule has 4 nitrogen and oxygen atoms in total. The maximum absolute atomic E-state index is 13.6. The van der Waals surface area contributed by atoms with E-state index in [-0.39, 0.29) is 10.7 Å². The average Bonchev–Trinajstić information content (AvgIpc) is 2.98. The first-order valence-electron chi connectivity index (χ1n) is 5.73. The molecule has 1 fully saturated rings. The molecule has 0 unspecified atom stereocenters. The fourth-order valence-corrected chi connectivity index (χ4v) is 2.45. The summed E-state index contributed by atoms with van der Waals surface area (Å²) in [6.07, 6.45) is 1.45. The van der Waals surface area contributed by atoms with E-state index in [1.807, 2.05) is 0 Å². The zero-order valence-corrected chi connectivity index (χ0v) is 10.9. The van der Waals surface area contributed by atoms with Crippen LogP contribution >= 0.6 is 11.8 Å². The Hall–Kier alpha value is -2.34. The van der Waals surface area contributed by atoms with Gasteiger partial charge >= 0.3 is 0 Å². The molecule has 1 aromatic heterocycles. The number of hydrogen-bond donors (Lipinski definition) is 1. The third-order valence-electron chi connectivity index (χ3n) is 2.68. The van der Waals surface area contributed by atoms with Crippen molar-refractivity contribution in [1.82, 2.24) is 5.32 Å². The van der Waals surface area contributed by atoms with E-state index in [2.05, 4.69) is 5.32 Å². The molecule has 100 valence electrons. The third-order valence-corrected chi connectivity index (χ3v) is 3.49. The largest absolute Gasteiger partial charge is 0.457 e. The average molecular weight is 289 g/mol. The fraction of sp³-hybridized carbons (Fsp3) is 0. The Labute approximate surface area is 117 Å². The minimum atomic E-state index is -0.455. The molecule has 0 atom stereocenters. The molecule has 1 saturated heterocycles. The molecule has 1 aliphatic heterocycles. The van der Waals surface area contributed by atoms with Gasteiger partial charge in [-0.05, 0) is 36.0 Å². The van der Waals surface area contributed by atoms with Crippen LogP contribution in [0.2, 0.25) is 0 Å². The monoisotopic (exact) mass is 289 g/mol. The Balaban J connectivity index is 1.92. The third kappa shape index (κ3) is 2.37. The molecular weight excluding hydrogens is 281 g/mol. The number of amides is 2. The fourth-order valence-electron chi connectivity index (χ4n) is 1.79. The van der Waals surface area contributed by atoms with Gasteiger partial charge in [-0.25, -0.2) is 4.39 Å². The molecule has 0 radical (unpaired) electrons. The van der Waals surface area contributed by atoms with E-state index in [9.17, 15) is 14.0 Å². The van der Waals surface area contributed by atoms with Crippen molar-refractivity contribution < 1.29 is 18.4 Å². The smallest absolute Gasteiger partial charge is 0.290 e. The zero-order chi connectivity index (χ0) is 14.1. The lowest BCUT2D eigenvalue weighted by Gasteiger charge is -1.97. The minimum absolute atomic E-state index is 0.254. The van der Waals surface area contributed by atoms with Crippen molar-refractivity contribution in [2.75, 3.05) is 0 Å². The van der Waals surface area contributed by atoms with Crippen LogP contribution in [-0.4, -0.2) is 11.1 Å². The van der Waals surface area contributed by atoms with Crippen LogP contribution < -0.4 is 5.32 Å².